The summed E-state index contributed by atoms with van der Waals surface area (Å²) in [4.78, 5) is 3.44. The number of hydrogen-bond donors (Lipinski definition) is 0. The maximum absolute atomic E-state index is 9.24. The standard InChI is InChI=1S/C16H10N2/c1-18-16-10-6-5-9-15(16)14(12-17)11-13-7-3-2-4-8-13/h2-11H/b14-11-. The molecule has 0 saturated heterocycles. The second kappa shape index (κ2) is 5.48. The second-order valence-corrected chi connectivity index (χ2v) is 3.71. The second-order valence-electron chi connectivity index (χ2n) is 3.71. The van der Waals surface area contributed by atoms with Crippen LogP contribution in [0.5, 0.6) is 0 Å². The van der Waals surface area contributed by atoms with Crippen molar-refractivity contribution in [2.75, 3.05) is 0 Å². The third-order valence-electron chi connectivity index (χ3n) is 2.55. The molecule has 0 aliphatic heterocycles. The quantitative estimate of drug-likeness (QED) is 0.429. The van der Waals surface area contributed by atoms with Crippen LogP contribution in [0.4, 0.5) is 5.69 Å². The Morgan fingerprint density at radius 2 is 1.72 bits per heavy atom. The fraction of sp³-hybridized carbons (Fsp3) is 0. The van der Waals surface area contributed by atoms with Crippen molar-refractivity contribution in [2.24, 2.45) is 0 Å². The highest BCUT2D eigenvalue weighted by atomic mass is 14.6. The van der Waals surface area contributed by atoms with Gasteiger partial charge in [0, 0.05) is 5.57 Å². The summed E-state index contributed by atoms with van der Waals surface area (Å²) in [7, 11) is 0. The van der Waals surface area contributed by atoms with Crippen LogP contribution in [0.1, 0.15) is 11.1 Å². The number of rotatable bonds is 2. The van der Waals surface area contributed by atoms with E-state index in [9.17, 15) is 5.26 Å². The maximum atomic E-state index is 9.24. The summed E-state index contributed by atoms with van der Waals surface area (Å²) in [5, 5.41) is 9.24. The first kappa shape index (κ1) is 11.6. The van der Waals surface area contributed by atoms with E-state index < -0.39 is 0 Å². The minimum atomic E-state index is 0.501. The van der Waals surface area contributed by atoms with Gasteiger partial charge in [-0.2, -0.15) is 5.26 Å². The molecule has 0 heterocycles. The van der Waals surface area contributed by atoms with Gasteiger partial charge in [-0.1, -0.05) is 54.6 Å². The van der Waals surface area contributed by atoms with Crippen molar-refractivity contribution in [3.05, 3.63) is 77.1 Å². The molecule has 0 fully saturated rings. The Morgan fingerprint density at radius 1 is 1.06 bits per heavy atom. The molecule has 18 heavy (non-hydrogen) atoms. The van der Waals surface area contributed by atoms with Crippen molar-refractivity contribution in [1.82, 2.24) is 0 Å². The molecular weight excluding hydrogens is 220 g/mol. The molecule has 0 spiro atoms. The van der Waals surface area contributed by atoms with Crippen LogP contribution in [0.25, 0.3) is 16.5 Å². The van der Waals surface area contributed by atoms with Gasteiger partial charge < -0.3 is 0 Å². The van der Waals surface area contributed by atoms with E-state index in [-0.39, 0.29) is 0 Å². The van der Waals surface area contributed by atoms with Gasteiger partial charge >= 0.3 is 0 Å². The van der Waals surface area contributed by atoms with Gasteiger partial charge in [0.05, 0.1) is 12.6 Å². The van der Waals surface area contributed by atoms with E-state index in [0.717, 1.165) is 5.56 Å². The predicted molar refractivity (Wildman–Crippen MR) is 72.6 cm³/mol. The smallest absolute Gasteiger partial charge is 0.195 e. The molecule has 84 valence electrons. The first-order valence-corrected chi connectivity index (χ1v) is 5.49. The molecule has 0 aliphatic carbocycles. The minimum absolute atomic E-state index is 0.501. The summed E-state index contributed by atoms with van der Waals surface area (Å²) in [6.07, 6.45) is 1.80. The Hall–Kier alpha value is -2.84. The Labute approximate surface area is 106 Å². The van der Waals surface area contributed by atoms with Gasteiger partial charge in [-0.25, -0.2) is 4.85 Å². The van der Waals surface area contributed by atoms with Crippen molar-refractivity contribution in [2.45, 2.75) is 0 Å². The van der Waals surface area contributed by atoms with E-state index in [1.807, 2.05) is 36.4 Å². The predicted octanol–water partition coefficient (Wildman–Crippen LogP) is 4.30. The average Bonchev–Trinajstić information content (AvgIpc) is 2.46. The normalized spacial score (nSPS) is 10.4. The molecule has 2 aromatic rings. The topological polar surface area (TPSA) is 28.1 Å². The molecule has 0 bridgehead atoms. The van der Waals surface area contributed by atoms with Gasteiger partial charge in [-0.05, 0) is 17.2 Å². The molecule has 2 aromatic carbocycles. The summed E-state index contributed by atoms with van der Waals surface area (Å²) in [6.45, 7) is 7.12. The molecule has 0 N–H and O–H groups in total. The summed E-state index contributed by atoms with van der Waals surface area (Å²) < 4.78 is 0. The molecule has 0 unspecified atom stereocenters. The van der Waals surface area contributed by atoms with Crippen LogP contribution in [-0.4, -0.2) is 0 Å². The van der Waals surface area contributed by atoms with Gasteiger partial charge in [0.25, 0.3) is 0 Å². The number of para-hydroxylation sites is 1. The molecule has 2 rings (SSSR count). The molecule has 0 atom stereocenters. The highest BCUT2D eigenvalue weighted by Crippen LogP contribution is 2.27. The largest absolute Gasteiger partial charge is 0.237 e. The van der Waals surface area contributed by atoms with E-state index in [1.54, 1.807) is 24.3 Å². The maximum Gasteiger partial charge on any atom is 0.195 e. The number of nitriles is 1. The monoisotopic (exact) mass is 230 g/mol. The fourth-order valence-corrected chi connectivity index (χ4v) is 1.69. The van der Waals surface area contributed by atoms with Crippen LogP contribution >= 0.6 is 0 Å². The number of allylic oxidation sites excluding steroid dienone is 1. The number of nitrogens with zero attached hydrogens (tertiary/aromatic N) is 2. The third kappa shape index (κ3) is 2.45. The van der Waals surface area contributed by atoms with Crippen molar-refractivity contribution >= 4 is 17.3 Å². The molecule has 0 aliphatic rings. The zero-order valence-corrected chi connectivity index (χ0v) is 9.67. The van der Waals surface area contributed by atoms with Crippen molar-refractivity contribution in [3.63, 3.8) is 0 Å². The lowest BCUT2D eigenvalue weighted by atomic mass is 10.0. The lowest BCUT2D eigenvalue weighted by Gasteiger charge is -2.02. The zero-order valence-electron chi connectivity index (χ0n) is 9.67. The minimum Gasteiger partial charge on any atom is -0.237 e. The highest BCUT2D eigenvalue weighted by Gasteiger charge is 2.06. The van der Waals surface area contributed by atoms with Gasteiger partial charge in [-0.15, -0.1) is 0 Å². The Kier molecular flexibility index (Phi) is 3.54. The van der Waals surface area contributed by atoms with Crippen molar-refractivity contribution < 1.29 is 0 Å². The first-order chi connectivity index (χ1) is 8.85. The number of hydrogen-bond acceptors (Lipinski definition) is 1. The van der Waals surface area contributed by atoms with E-state index in [2.05, 4.69) is 10.9 Å². The van der Waals surface area contributed by atoms with Crippen molar-refractivity contribution in [1.29, 1.82) is 5.26 Å². The van der Waals surface area contributed by atoms with Gasteiger partial charge in [-0.3, -0.25) is 0 Å². The van der Waals surface area contributed by atoms with Crippen LogP contribution in [0.3, 0.4) is 0 Å². The summed E-state index contributed by atoms with van der Waals surface area (Å²) in [5.74, 6) is 0. The molecule has 2 nitrogen and oxygen atoms in total. The fourth-order valence-electron chi connectivity index (χ4n) is 1.69. The molecule has 0 aromatic heterocycles. The molecule has 0 amide bonds. The third-order valence-corrected chi connectivity index (χ3v) is 2.55. The molecule has 0 saturated carbocycles. The Morgan fingerprint density at radius 3 is 2.39 bits per heavy atom. The average molecular weight is 230 g/mol. The summed E-state index contributed by atoms with van der Waals surface area (Å²) in [6, 6.07) is 18.9. The van der Waals surface area contributed by atoms with E-state index in [0.29, 0.717) is 16.8 Å². The van der Waals surface area contributed by atoms with E-state index in [4.69, 9.17) is 6.57 Å². The van der Waals surface area contributed by atoms with Crippen LogP contribution in [-0.2, 0) is 0 Å². The Balaban J connectivity index is 2.51. The highest BCUT2D eigenvalue weighted by molar-refractivity contribution is 5.94. The summed E-state index contributed by atoms with van der Waals surface area (Å²) >= 11 is 0. The SMILES string of the molecule is [C-]#[N+]c1ccccc1/C(C#N)=C\c1ccccc1. The van der Waals surface area contributed by atoms with Crippen LogP contribution in [0.2, 0.25) is 0 Å². The van der Waals surface area contributed by atoms with Crippen LogP contribution in [0.15, 0.2) is 54.6 Å². The number of benzene rings is 2. The van der Waals surface area contributed by atoms with E-state index in [1.165, 1.54) is 0 Å². The van der Waals surface area contributed by atoms with Crippen LogP contribution in [0, 0.1) is 17.9 Å². The van der Waals surface area contributed by atoms with Crippen molar-refractivity contribution in [3.8, 4) is 6.07 Å². The van der Waals surface area contributed by atoms with Gasteiger partial charge in [0.15, 0.2) is 5.69 Å². The zero-order chi connectivity index (χ0) is 12.8. The molecule has 0 radical (unpaired) electrons. The first-order valence-electron chi connectivity index (χ1n) is 5.49. The van der Waals surface area contributed by atoms with Gasteiger partial charge in [0.1, 0.15) is 0 Å². The van der Waals surface area contributed by atoms with Gasteiger partial charge in [0.2, 0.25) is 0 Å². The van der Waals surface area contributed by atoms with Crippen LogP contribution < -0.4 is 0 Å². The lowest BCUT2D eigenvalue weighted by molar-refractivity contribution is 1.52. The molecular formula is C16H10N2. The van der Waals surface area contributed by atoms with E-state index >= 15 is 0 Å². The molecule has 2 heteroatoms. The summed E-state index contributed by atoms with van der Waals surface area (Å²) in [5.41, 5.74) is 2.64. The lowest BCUT2D eigenvalue weighted by Crippen LogP contribution is -1.82. The Bertz CT molecular complexity index is 655.